The number of nitrogens with zero attached hydrogens (tertiary/aromatic N) is 1. The van der Waals surface area contributed by atoms with Crippen LogP contribution in [0.1, 0.15) is 0 Å². The molecule has 12 heavy (non-hydrogen) atoms. The Morgan fingerprint density at radius 2 is 2.17 bits per heavy atom. The van der Waals surface area contributed by atoms with Crippen molar-refractivity contribution in [1.29, 1.82) is 0 Å². The molecular weight excluding hydrogens is 150 g/mol. The van der Waals surface area contributed by atoms with Gasteiger partial charge in [-0.05, 0) is 18.2 Å². The van der Waals surface area contributed by atoms with Gasteiger partial charge in [0, 0.05) is 22.5 Å². The van der Waals surface area contributed by atoms with Crippen molar-refractivity contribution in [3.8, 4) is 0 Å². The molecule has 0 aliphatic rings. The van der Waals surface area contributed by atoms with Gasteiger partial charge in [-0.15, -0.1) is 0 Å². The number of aromatic amines is 2. The quantitative estimate of drug-likeness (QED) is 0.515. The highest BCUT2D eigenvalue weighted by molar-refractivity contribution is 6.03. The van der Waals surface area contributed by atoms with Gasteiger partial charge in [0.15, 0.2) is 0 Å². The van der Waals surface area contributed by atoms with Crippen LogP contribution in [0.5, 0.6) is 0 Å². The van der Waals surface area contributed by atoms with Crippen LogP contribution < -0.4 is 0 Å². The molecule has 2 N–H and O–H groups in total. The van der Waals surface area contributed by atoms with E-state index >= 15 is 0 Å². The molecule has 0 unspecified atom stereocenters. The molecule has 0 saturated heterocycles. The monoisotopic (exact) mass is 157 g/mol. The Hall–Kier alpha value is -1.77. The van der Waals surface area contributed by atoms with Crippen molar-refractivity contribution in [2.75, 3.05) is 0 Å². The zero-order valence-corrected chi connectivity index (χ0v) is 6.33. The van der Waals surface area contributed by atoms with Crippen LogP contribution in [0.2, 0.25) is 0 Å². The fraction of sp³-hybridized carbons (Fsp3) is 0. The Kier molecular flexibility index (Phi) is 0.913. The van der Waals surface area contributed by atoms with Crippen LogP contribution in [0.4, 0.5) is 0 Å². The SMILES string of the molecule is c1cc2c(ccc3cn[nH]c32)[nH]1. The highest BCUT2D eigenvalue weighted by atomic mass is 15.1. The van der Waals surface area contributed by atoms with Gasteiger partial charge in [-0.3, -0.25) is 5.10 Å². The largest absolute Gasteiger partial charge is 0.361 e. The van der Waals surface area contributed by atoms with Gasteiger partial charge in [0.25, 0.3) is 0 Å². The lowest BCUT2D eigenvalue weighted by atomic mass is 10.2. The number of hydrogen-bond donors (Lipinski definition) is 2. The molecular formula is C9H7N3. The van der Waals surface area contributed by atoms with Crippen molar-refractivity contribution in [2.24, 2.45) is 0 Å². The van der Waals surface area contributed by atoms with Crippen molar-refractivity contribution >= 4 is 21.8 Å². The summed E-state index contributed by atoms with van der Waals surface area (Å²) in [5, 5.41) is 9.32. The molecule has 0 amide bonds. The van der Waals surface area contributed by atoms with E-state index in [0.717, 1.165) is 16.4 Å². The molecule has 0 spiro atoms. The highest BCUT2D eigenvalue weighted by Crippen LogP contribution is 2.21. The molecule has 0 radical (unpaired) electrons. The highest BCUT2D eigenvalue weighted by Gasteiger charge is 2.00. The van der Waals surface area contributed by atoms with Gasteiger partial charge in [-0.25, -0.2) is 0 Å². The molecule has 0 aliphatic carbocycles. The molecule has 1 aromatic carbocycles. The topological polar surface area (TPSA) is 44.5 Å². The summed E-state index contributed by atoms with van der Waals surface area (Å²) in [6.45, 7) is 0. The minimum atomic E-state index is 1.11. The molecule has 2 heterocycles. The first-order chi connectivity index (χ1) is 5.95. The second-order valence-electron chi connectivity index (χ2n) is 2.84. The van der Waals surface area contributed by atoms with E-state index < -0.39 is 0 Å². The summed E-state index contributed by atoms with van der Waals surface area (Å²) in [6, 6.07) is 6.17. The normalized spacial score (nSPS) is 11.3. The van der Waals surface area contributed by atoms with Crippen molar-refractivity contribution in [3.05, 3.63) is 30.6 Å². The third-order valence-electron chi connectivity index (χ3n) is 2.15. The molecule has 0 atom stereocenters. The molecule has 0 saturated carbocycles. The molecule has 0 bridgehead atoms. The Labute approximate surface area is 68.4 Å². The Bertz CT molecular complexity index is 483. The van der Waals surface area contributed by atoms with Crippen LogP contribution in [-0.4, -0.2) is 15.2 Å². The number of fused-ring (bicyclic) bond motifs is 3. The minimum Gasteiger partial charge on any atom is -0.361 e. The second-order valence-corrected chi connectivity index (χ2v) is 2.84. The van der Waals surface area contributed by atoms with E-state index in [1.807, 2.05) is 12.4 Å². The van der Waals surface area contributed by atoms with Gasteiger partial charge in [-0.2, -0.15) is 5.10 Å². The minimum absolute atomic E-state index is 1.11. The van der Waals surface area contributed by atoms with Crippen LogP contribution in [0.25, 0.3) is 21.8 Å². The van der Waals surface area contributed by atoms with Crippen LogP contribution in [0.15, 0.2) is 30.6 Å². The van der Waals surface area contributed by atoms with Gasteiger partial charge >= 0.3 is 0 Å². The van der Waals surface area contributed by atoms with Gasteiger partial charge in [0.2, 0.25) is 0 Å². The lowest BCUT2D eigenvalue weighted by molar-refractivity contribution is 1.12. The number of aromatic nitrogens is 3. The predicted octanol–water partition coefficient (Wildman–Crippen LogP) is 2.04. The van der Waals surface area contributed by atoms with Crippen LogP contribution in [0, 0.1) is 0 Å². The molecule has 3 heteroatoms. The van der Waals surface area contributed by atoms with Gasteiger partial charge in [-0.1, -0.05) is 0 Å². The Morgan fingerprint density at radius 3 is 3.17 bits per heavy atom. The standard InChI is InChI=1S/C9H7N3/c1-2-8-7(3-4-10-8)9-6(1)5-11-12-9/h1-5,10H,(H,11,12). The first-order valence-electron chi connectivity index (χ1n) is 3.84. The summed E-state index contributed by atoms with van der Waals surface area (Å²) >= 11 is 0. The summed E-state index contributed by atoms with van der Waals surface area (Å²) in [5.74, 6) is 0. The third-order valence-corrected chi connectivity index (χ3v) is 2.15. The molecule has 3 nitrogen and oxygen atoms in total. The van der Waals surface area contributed by atoms with Crippen molar-refractivity contribution in [1.82, 2.24) is 15.2 Å². The maximum atomic E-state index is 3.99. The average molecular weight is 157 g/mol. The number of hydrogen-bond acceptors (Lipinski definition) is 1. The molecule has 0 fully saturated rings. The van der Waals surface area contributed by atoms with Gasteiger partial charge in [0.05, 0.1) is 11.7 Å². The van der Waals surface area contributed by atoms with E-state index in [-0.39, 0.29) is 0 Å². The Morgan fingerprint density at radius 1 is 1.17 bits per heavy atom. The summed E-state index contributed by atoms with van der Waals surface area (Å²) in [6.07, 6.45) is 3.77. The van der Waals surface area contributed by atoms with E-state index in [1.165, 1.54) is 5.39 Å². The first kappa shape index (κ1) is 5.83. The molecule has 2 aromatic heterocycles. The van der Waals surface area contributed by atoms with E-state index in [1.54, 1.807) is 0 Å². The fourth-order valence-corrected chi connectivity index (χ4v) is 1.55. The lowest BCUT2D eigenvalue weighted by Gasteiger charge is -1.90. The molecule has 58 valence electrons. The van der Waals surface area contributed by atoms with Crippen molar-refractivity contribution in [3.63, 3.8) is 0 Å². The summed E-state index contributed by atoms with van der Waals surface area (Å²) < 4.78 is 0. The molecule has 3 aromatic rings. The van der Waals surface area contributed by atoms with E-state index in [4.69, 9.17) is 0 Å². The maximum absolute atomic E-state index is 3.99. The number of nitrogens with one attached hydrogen (secondary N) is 2. The molecule has 0 aliphatic heterocycles. The third kappa shape index (κ3) is 0.580. The average Bonchev–Trinajstić information content (AvgIpc) is 2.71. The van der Waals surface area contributed by atoms with Crippen LogP contribution >= 0.6 is 0 Å². The van der Waals surface area contributed by atoms with Gasteiger partial charge < -0.3 is 4.98 Å². The fourth-order valence-electron chi connectivity index (χ4n) is 1.55. The van der Waals surface area contributed by atoms with E-state index in [0.29, 0.717) is 0 Å². The maximum Gasteiger partial charge on any atom is 0.0744 e. The van der Waals surface area contributed by atoms with Crippen molar-refractivity contribution < 1.29 is 0 Å². The van der Waals surface area contributed by atoms with E-state index in [2.05, 4.69) is 33.4 Å². The molecule has 3 rings (SSSR count). The zero-order valence-electron chi connectivity index (χ0n) is 6.33. The smallest absolute Gasteiger partial charge is 0.0744 e. The second kappa shape index (κ2) is 1.88. The Balaban J connectivity index is 2.71. The van der Waals surface area contributed by atoms with Gasteiger partial charge in [0.1, 0.15) is 0 Å². The summed E-state index contributed by atoms with van der Waals surface area (Å²) in [7, 11) is 0. The van der Waals surface area contributed by atoms with Crippen molar-refractivity contribution in [2.45, 2.75) is 0 Å². The van der Waals surface area contributed by atoms with Crippen LogP contribution in [0.3, 0.4) is 0 Å². The summed E-state index contributed by atoms with van der Waals surface area (Å²) in [5.41, 5.74) is 2.25. The summed E-state index contributed by atoms with van der Waals surface area (Å²) in [4.78, 5) is 3.15. The first-order valence-corrected chi connectivity index (χ1v) is 3.84. The zero-order chi connectivity index (χ0) is 7.97. The number of H-pyrrole nitrogens is 2. The van der Waals surface area contributed by atoms with Crippen LogP contribution in [-0.2, 0) is 0 Å². The van der Waals surface area contributed by atoms with E-state index in [9.17, 15) is 0 Å². The number of benzene rings is 1. The predicted molar refractivity (Wildman–Crippen MR) is 48.0 cm³/mol. The lowest BCUT2D eigenvalue weighted by Crippen LogP contribution is -1.70. The number of rotatable bonds is 0.